The van der Waals surface area contributed by atoms with Gasteiger partial charge in [0.25, 0.3) is 0 Å². The maximum atomic E-state index is 5.98. The number of halogens is 2. The van der Waals surface area contributed by atoms with Crippen LogP contribution in [0.1, 0.15) is 13.8 Å². The van der Waals surface area contributed by atoms with Crippen LogP contribution in [0.2, 0.25) is 5.02 Å². The Kier molecular flexibility index (Phi) is 5.43. The van der Waals surface area contributed by atoms with Gasteiger partial charge in [0.2, 0.25) is 0 Å². The zero-order valence-electron chi connectivity index (χ0n) is 8.89. The van der Waals surface area contributed by atoms with Crippen LogP contribution >= 0.6 is 27.5 Å². The summed E-state index contributed by atoms with van der Waals surface area (Å²) in [4.78, 5) is 0. The summed E-state index contributed by atoms with van der Waals surface area (Å²) in [6.45, 7) is 5.49. The molecule has 2 nitrogen and oxygen atoms in total. The van der Waals surface area contributed by atoms with Crippen molar-refractivity contribution in [1.82, 2.24) is 0 Å². The minimum atomic E-state index is 0.264. The molecule has 1 aromatic rings. The van der Waals surface area contributed by atoms with E-state index >= 15 is 0 Å². The molecule has 0 radical (unpaired) electrons. The standard InChI is InChI=1S/C11H15BrClNO/c1-3-15-7-8(2)14-10-6-4-5-9(13)11(10)12/h4-6,8,14H,3,7H2,1-2H3. The largest absolute Gasteiger partial charge is 0.380 e. The van der Waals surface area contributed by atoms with Crippen molar-refractivity contribution in [2.24, 2.45) is 0 Å². The van der Waals surface area contributed by atoms with Crippen LogP contribution in [-0.2, 0) is 4.74 Å². The SMILES string of the molecule is CCOCC(C)Nc1cccc(Cl)c1Br. The minimum Gasteiger partial charge on any atom is -0.380 e. The molecule has 1 atom stereocenters. The number of benzene rings is 1. The molecule has 15 heavy (non-hydrogen) atoms. The molecular formula is C11H15BrClNO. The molecule has 4 heteroatoms. The number of ether oxygens (including phenoxy) is 1. The molecule has 1 unspecified atom stereocenters. The summed E-state index contributed by atoms with van der Waals surface area (Å²) < 4.78 is 6.22. The first-order valence-electron chi connectivity index (χ1n) is 4.93. The highest BCUT2D eigenvalue weighted by atomic mass is 79.9. The van der Waals surface area contributed by atoms with Gasteiger partial charge in [0.05, 0.1) is 21.8 Å². The van der Waals surface area contributed by atoms with E-state index in [9.17, 15) is 0 Å². The molecule has 1 rings (SSSR count). The summed E-state index contributed by atoms with van der Waals surface area (Å²) in [6, 6.07) is 6.02. The van der Waals surface area contributed by atoms with Crippen LogP contribution in [0.5, 0.6) is 0 Å². The lowest BCUT2D eigenvalue weighted by atomic mass is 10.3. The van der Waals surface area contributed by atoms with Crippen LogP contribution in [0.15, 0.2) is 22.7 Å². The van der Waals surface area contributed by atoms with Gasteiger partial charge in [-0.25, -0.2) is 0 Å². The Hall–Kier alpha value is -0.250. The van der Waals surface area contributed by atoms with E-state index in [1.54, 1.807) is 0 Å². The summed E-state index contributed by atoms with van der Waals surface area (Å²) in [5.41, 5.74) is 0.995. The molecule has 84 valence electrons. The number of nitrogens with one attached hydrogen (secondary N) is 1. The highest BCUT2D eigenvalue weighted by molar-refractivity contribution is 9.10. The van der Waals surface area contributed by atoms with Crippen LogP contribution in [0.4, 0.5) is 5.69 Å². The maximum absolute atomic E-state index is 5.98. The van der Waals surface area contributed by atoms with E-state index in [2.05, 4.69) is 28.2 Å². The third kappa shape index (κ3) is 4.01. The minimum absolute atomic E-state index is 0.264. The van der Waals surface area contributed by atoms with Gasteiger partial charge in [-0.15, -0.1) is 0 Å². The molecule has 1 aromatic carbocycles. The Morgan fingerprint density at radius 2 is 2.27 bits per heavy atom. The van der Waals surface area contributed by atoms with E-state index in [1.165, 1.54) is 0 Å². The zero-order valence-corrected chi connectivity index (χ0v) is 11.2. The van der Waals surface area contributed by atoms with E-state index in [1.807, 2.05) is 25.1 Å². The Labute approximate surface area is 104 Å². The normalized spacial score (nSPS) is 12.5. The Morgan fingerprint density at radius 3 is 2.93 bits per heavy atom. The van der Waals surface area contributed by atoms with Gasteiger partial charge in [-0.3, -0.25) is 0 Å². The van der Waals surface area contributed by atoms with Crippen molar-refractivity contribution in [1.29, 1.82) is 0 Å². The highest BCUT2D eigenvalue weighted by Gasteiger charge is 2.06. The predicted octanol–water partition coefficient (Wildman–Crippen LogP) is 3.94. The van der Waals surface area contributed by atoms with Crippen molar-refractivity contribution < 1.29 is 4.74 Å². The van der Waals surface area contributed by atoms with Gasteiger partial charge in [-0.1, -0.05) is 17.7 Å². The fraction of sp³-hybridized carbons (Fsp3) is 0.455. The van der Waals surface area contributed by atoms with Crippen molar-refractivity contribution in [3.05, 3.63) is 27.7 Å². The lowest BCUT2D eigenvalue weighted by Crippen LogP contribution is -2.21. The van der Waals surface area contributed by atoms with E-state index in [-0.39, 0.29) is 6.04 Å². The van der Waals surface area contributed by atoms with Crippen LogP contribution < -0.4 is 5.32 Å². The van der Waals surface area contributed by atoms with Gasteiger partial charge in [-0.2, -0.15) is 0 Å². The third-order valence-corrected chi connectivity index (χ3v) is 3.32. The molecule has 0 spiro atoms. The Morgan fingerprint density at radius 1 is 1.53 bits per heavy atom. The second-order valence-corrected chi connectivity index (χ2v) is 4.51. The van der Waals surface area contributed by atoms with Gasteiger partial charge >= 0.3 is 0 Å². The fourth-order valence-electron chi connectivity index (χ4n) is 1.22. The van der Waals surface area contributed by atoms with Gasteiger partial charge in [-0.05, 0) is 41.9 Å². The molecule has 0 aromatic heterocycles. The molecule has 0 saturated heterocycles. The van der Waals surface area contributed by atoms with Crippen molar-refractivity contribution in [2.75, 3.05) is 18.5 Å². The molecule has 1 N–H and O–H groups in total. The first-order valence-corrected chi connectivity index (χ1v) is 6.10. The first-order chi connectivity index (χ1) is 7.15. The van der Waals surface area contributed by atoms with Gasteiger partial charge < -0.3 is 10.1 Å². The third-order valence-electron chi connectivity index (χ3n) is 1.93. The highest BCUT2D eigenvalue weighted by Crippen LogP contribution is 2.30. The monoisotopic (exact) mass is 291 g/mol. The zero-order chi connectivity index (χ0) is 11.3. The summed E-state index contributed by atoms with van der Waals surface area (Å²) in [5, 5.41) is 4.04. The smallest absolute Gasteiger partial charge is 0.0664 e. The molecule has 0 aliphatic heterocycles. The summed E-state index contributed by atoms with van der Waals surface area (Å²) in [5.74, 6) is 0. The number of hydrogen-bond donors (Lipinski definition) is 1. The average molecular weight is 293 g/mol. The molecule has 0 amide bonds. The fourth-order valence-corrected chi connectivity index (χ4v) is 1.77. The number of rotatable bonds is 5. The lowest BCUT2D eigenvalue weighted by molar-refractivity contribution is 0.141. The van der Waals surface area contributed by atoms with Crippen molar-refractivity contribution in [3.8, 4) is 0 Å². The number of hydrogen-bond acceptors (Lipinski definition) is 2. The average Bonchev–Trinajstić information content (AvgIpc) is 2.22. The predicted molar refractivity (Wildman–Crippen MR) is 68.7 cm³/mol. The first kappa shape index (κ1) is 12.8. The molecule has 0 fully saturated rings. The molecule has 0 saturated carbocycles. The van der Waals surface area contributed by atoms with E-state index in [0.29, 0.717) is 11.6 Å². The summed E-state index contributed by atoms with van der Waals surface area (Å²) >= 11 is 9.43. The summed E-state index contributed by atoms with van der Waals surface area (Å²) in [6.07, 6.45) is 0. The summed E-state index contributed by atoms with van der Waals surface area (Å²) in [7, 11) is 0. The second-order valence-electron chi connectivity index (χ2n) is 3.31. The lowest BCUT2D eigenvalue weighted by Gasteiger charge is -2.16. The van der Waals surface area contributed by atoms with E-state index in [0.717, 1.165) is 16.8 Å². The molecule has 0 aliphatic carbocycles. The molecular weight excluding hydrogens is 277 g/mol. The van der Waals surface area contributed by atoms with Crippen LogP contribution in [-0.4, -0.2) is 19.3 Å². The van der Waals surface area contributed by atoms with Crippen molar-refractivity contribution in [2.45, 2.75) is 19.9 Å². The second kappa shape index (κ2) is 6.36. The Bertz CT molecular complexity index is 319. The number of anilines is 1. The van der Waals surface area contributed by atoms with Gasteiger partial charge in [0, 0.05) is 12.6 Å². The maximum Gasteiger partial charge on any atom is 0.0664 e. The Balaban J connectivity index is 2.60. The van der Waals surface area contributed by atoms with Crippen molar-refractivity contribution >= 4 is 33.2 Å². The van der Waals surface area contributed by atoms with Gasteiger partial charge in [0.1, 0.15) is 0 Å². The van der Waals surface area contributed by atoms with Crippen LogP contribution in [0.25, 0.3) is 0 Å². The van der Waals surface area contributed by atoms with Crippen LogP contribution in [0, 0.1) is 0 Å². The van der Waals surface area contributed by atoms with E-state index < -0.39 is 0 Å². The molecule has 0 bridgehead atoms. The van der Waals surface area contributed by atoms with Crippen LogP contribution in [0.3, 0.4) is 0 Å². The quantitative estimate of drug-likeness (QED) is 0.887. The van der Waals surface area contributed by atoms with Gasteiger partial charge in [0.15, 0.2) is 0 Å². The molecule has 0 heterocycles. The molecule has 0 aliphatic rings. The van der Waals surface area contributed by atoms with Crippen molar-refractivity contribution in [3.63, 3.8) is 0 Å². The topological polar surface area (TPSA) is 21.3 Å². The van der Waals surface area contributed by atoms with E-state index in [4.69, 9.17) is 16.3 Å².